The van der Waals surface area contributed by atoms with Crippen LogP contribution in [0, 0.1) is 5.92 Å². The number of hydrogen-bond donors (Lipinski definition) is 2. The summed E-state index contributed by atoms with van der Waals surface area (Å²) in [7, 11) is 2.19. The van der Waals surface area contributed by atoms with E-state index in [0.29, 0.717) is 17.7 Å². The van der Waals surface area contributed by atoms with E-state index in [2.05, 4.69) is 18.0 Å². The zero-order valence-corrected chi connectivity index (χ0v) is 15.3. The molecule has 1 aromatic rings. The molecule has 4 aliphatic rings. The number of nitrogens with zero attached hydrogens (tertiary/aromatic N) is 1. The number of rotatable bonds is 0. The Hall–Kier alpha value is -0.721. The molecule has 5 rings (SSSR count). The van der Waals surface area contributed by atoms with Crippen molar-refractivity contribution in [2.24, 2.45) is 5.92 Å². The van der Waals surface area contributed by atoms with Gasteiger partial charge in [-0.2, -0.15) is 0 Å². The van der Waals surface area contributed by atoms with E-state index in [1.165, 1.54) is 11.1 Å². The predicted octanol–water partition coefficient (Wildman–Crippen LogP) is 0.817. The van der Waals surface area contributed by atoms with Gasteiger partial charge in [-0.25, -0.2) is 0 Å². The summed E-state index contributed by atoms with van der Waals surface area (Å²) in [6.07, 6.45) is 5.18. The first-order chi connectivity index (χ1) is 10.1. The van der Waals surface area contributed by atoms with Crippen molar-refractivity contribution in [3.8, 4) is 11.5 Å². The third-order valence-electron chi connectivity index (χ3n) is 6.15. The average Bonchev–Trinajstić information content (AvgIpc) is 2.83. The number of aliphatic hydroxyl groups is 1. The molecule has 1 fully saturated rings. The fraction of sp³-hybridized carbons (Fsp3) is 0.529. The second-order valence-corrected chi connectivity index (χ2v) is 6.93. The first-order valence-electron chi connectivity index (χ1n) is 7.71. The summed E-state index contributed by atoms with van der Waals surface area (Å²) < 4.78 is 6.09. The van der Waals surface area contributed by atoms with Gasteiger partial charge in [0.2, 0.25) is 0 Å². The largest absolute Gasteiger partial charge is 0.504 e. The molecule has 1 spiro atoms. The molecule has 2 aliphatic heterocycles. The van der Waals surface area contributed by atoms with Crippen molar-refractivity contribution in [3.63, 3.8) is 0 Å². The predicted molar refractivity (Wildman–Crippen MR) is 83.3 cm³/mol. The summed E-state index contributed by atoms with van der Waals surface area (Å²) >= 11 is 0. The molecule has 0 amide bonds. The van der Waals surface area contributed by atoms with E-state index >= 15 is 0 Å². The summed E-state index contributed by atoms with van der Waals surface area (Å²) in [6.45, 7) is 1.01. The summed E-state index contributed by atoms with van der Waals surface area (Å²) in [5.41, 5.74) is 2.29. The monoisotopic (exact) mass is 405 g/mol. The van der Waals surface area contributed by atoms with Crippen LogP contribution in [-0.2, 0) is 11.8 Å². The van der Waals surface area contributed by atoms with E-state index in [1.54, 1.807) is 6.07 Å². The summed E-state index contributed by atoms with van der Waals surface area (Å²) in [5.74, 6) is 1.19. The number of ether oxygens (including phenoxy) is 1. The van der Waals surface area contributed by atoms with Gasteiger partial charge in [-0.3, -0.25) is 0 Å². The maximum Gasteiger partial charge on any atom is 0.165 e. The average molecular weight is 404 g/mol. The van der Waals surface area contributed by atoms with Crippen LogP contribution in [0.25, 0.3) is 0 Å². The number of phenols is 1. The first kappa shape index (κ1) is 14.8. The van der Waals surface area contributed by atoms with Crippen LogP contribution in [0.4, 0.5) is 0 Å². The van der Waals surface area contributed by atoms with E-state index in [4.69, 9.17) is 4.74 Å². The third kappa shape index (κ3) is 1.51. The Morgan fingerprint density at radius 2 is 2.14 bits per heavy atom. The van der Waals surface area contributed by atoms with Gasteiger partial charge in [0, 0.05) is 46.8 Å². The fourth-order valence-electron chi connectivity index (χ4n) is 5.24. The van der Waals surface area contributed by atoms with Crippen molar-refractivity contribution in [2.75, 3.05) is 13.6 Å². The molecule has 2 bridgehead atoms. The van der Waals surface area contributed by atoms with E-state index in [9.17, 15) is 10.2 Å². The van der Waals surface area contributed by atoms with Crippen LogP contribution in [0.15, 0.2) is 24.3 Å². The second-order valence-electron chi connectivity index (χ2n) is 6.93. The Morgan fingerprint density at radius 3 is 2.95 bits per heavy atom. The molecule has 4 radical (unpaired) electrons. The topological polar surface area (TPSA) is 52.9 Å². The molecular weight excluding hydrogens is 385 g/mol. The van der Waals surface area contributed by atoms with Crippen LogP contribution in [0.2, 0.25) is 0 Å². The summed E-state index contributed by atoms with van der Waals surface area (Å²) in [4.78, 5) is 2.43. The Morgan fingerprint density at radius 1 is 1.32 bits per heavy atom. The molecule has 5 atom stereocenters. The van der Waals surface area contributed by atoms with Gasteiger partial charge in [-0.15, -0.1) is 0 Å². The minimum absolute atomic E-state index is 0. The number of aliphatic hydroxyl groups excluding tert-OH is 1. The van der Waals surface area contributed by atoms with Gasteiger partial charge in [0.1, 0.15) is 12.2 Å². The maximum absolute atomic E-state index is 10.4. The number of likely N-dealkylation sites (N-methyl/N-ethyl adjacent to an activating group) is 1. The maximum atomic E-state index is 10.4. The minimum atomic E-state index is -0.594. The van der Waals surface area contributed by atoms with Crippen molar-refractivity contribution in [2.45, 2.75) is 36.5 Å². The van der Waals surface area contributed by atoms with Gasteiger partial charge in [0.25, 0.3) is 0 Å². The molecule has 0 unspecified atom stereocenters. The molecule has 0 aromatic heterocycles. The van der Waals surface area contributed by atoms with Crippen molar-refractivity contribution < 1.29 is 14.9 Å². The summed E-state index contributed by atoms with van der Waals surface area (Å²) in [6, 6.07) is 4.23. The second kappa shape index (κ2) is 4.65. The van der Waals surface area contributed by atoms with Crippen LogP contribution in [0.1, 0.15) is 17.5 Å². The molecule has 2 aliphatic carbocycles. The van der Waals surface area contributed by atoms with Crippen LogP contribution in [0.3, 0.4) is 0 Å². The van der Waals surface area contributed by atoms with Crippen molar-refractivity contribution in [1.29, 1.82) is 0 Å². The van der Waals surface area contributed by atoms with Crippen LogP contribution < -0.4 is 4.74 Å². The number of phenolic OH excluding ortho intramolecular Hbond substituents is 1. The normalized spacial score (nSPS) is 40.6. The van der Waals surface area contributed by atoms with E-state index in [1.807, 2.05) is 12.1 Å². The number of benzene rings is 1. The molecular formula is C17H19NO3Sn. The van der Waals surface area contributed by atoms with Crippen LogP contribution >= 0.6 is 0 Å². The SMILES string of the molecule is CN1CC[C@]23c4c5ccc(O)c4O[C@H]2[C@@H](O)C=C[C@H]3[C@H]1C5.[Sn]. The Labute approximate surface area is 146 Å². The molecule has 2 heterocycles. The van der Waals surface area contributed by atoms with Crippen molar-refractivity contribution in [1.82, 2.24) is 4.90 Å². The number of hydrogen-bond acceptors (Lipinski definition) is 4. The van der Waals surface area contributed by atoms with Crippen molar-refractivity contribution in [3.05, 3.63) is 35.4 Å². The number of aromatic hydroxyl groups is 1. The Bertz CT molecular complexity index is 676. The Balaban J connectivity index is 0.00000125. The van der Waals surface area contributed by atoms with Gasteiger partial charge in [0.05, 0.1) is 0 Å². The quantitative estimate of drug-likeness (QED) is 0.497. The van der Waals surface area contributed by atoms with Gasteiger partial charge < -0.3 is 19.8 Å². The van der Waals surface area contributed by atoms with Crippen LogP contribution in [-0.4, -0.2) is 70.9 Å². The molecule has 114 valence electrons. The standard InChI is InChI=1S/C17H19NO3.Sn/c1-18-7-6-17-10-3-5-13(20)16(17)21-15-12(19)4-2-9(14(15)17)8-11(10)18;/h2-5,10-11,13,16,19-20H,6-8H2,1H3;/t10-,11+,13-,16-,17-;/m0./s1. The zero-order valence-electron chi connectivity index (χ0n) is 12.5. The minimum Gasteiger partial charge on any atom is -0.504 e. The molecule has 22 heavy (non-hydrogen) atoms. The smallest absolute Gasteiger partial charge is 0.165 e. The Kier molecular flexibility index (Phi) is 3.13. The number of likely N-dealkylation sites (tertiary alicyclic amines) is 1. The van der Waals surface area contributed by atoms with E-state index < -0.39 is 6.10 Å². The van der Waals surface area contributed by atoms with Gasteiger partial charge in [-0.1, -0.05) is 18.2 Å². The van der Waals surface area contributed by atoms with Gasteiger partial charge >= 0.3 is 0 Å². The fourth-order valence-corrected chi connectivity index (χ4v) is 5.24. The van der Waals surface area contributed by atoms with E-state index in [-0.39, 0.29) is 41.2 Å². The number of piperidine rings is 1. The molecule has 5 heteroatoms. The molecule has 4 nitrogen and oxygen atoms in total. The van der Waals surface area contributed by atoms with Crippen LogP contribution in [0.5, 0.6) is 11.5 Å². The molecule has 2 N–H and O–H groups in total. The molecule has 0 saturated carbocycles. The zero-order chi connectivity index (χ0) is 14.4. The molecule has 1 aromatic carbocycles. The third-order valence-corrected chi connectivity index (χ3v) is 6.15. The van der Waals surface area contributed by atoms with Crippen molar-refractivity contribution >= 4 is 23.9 Å². The summed E-state index contributed by atoms with van der Waals surface area (Å²) in [5, 5.41) is 20.6. The van der Waals surface area contributed by atoms with E-state index in [0.717, 1.165) is 19.4 Å². The van der Waals surface area contributed by atoms with Gasteiger partial charge in [-0.05, 0) is 38.1 Å². The first-order valence-corrected chi connectivity index (χ1v) is 7.71. The molecule has 1 saturated heterocycles. The van der Waals surface area contributed by atoms with Gasteiger partial charge in [0.15, 0.2) is 11.5 Å².